The van der Waals surface area contributed by atoms with Gasteiger partial charge in [0.25, 0.3) is 5.91 Å². The van der Waals surface area contributed by atoms with E-state index in [4.69, 9.17) is 9.47 Å². The Bertz CT molecular complexity index is 927. The first-order valence-electron chi connectivity index (χ1n) is 8.06. The molecule has 1 amide bonds. The molecule has 2 aromatic carbocycles. The number of carbonyl (C=O) groups is 1. The standard InChI is InChI=1S/C19H15FN2O3S/c20-13-7-5-12(6-8-13)9-14-10-21-19(26-14)22-18(23)17-11-24-15-3-1-2-4-16(15)25-17/h1-8,10,17H,9,11H2,(H,21,22,23). The third-order valence-electron chi connectivity index (χ3n) is 3.88. The predicted molar refractivity (Wildman–Crippen MR) is 96.3 cm³/mol. The Morgan fingerprint density at radius 3 is 2.77 bits per heavy atom. The number of nitrogens with zero attached hydrogens (tertiary/aromatic N) is 1. The number of amides is 1. The van der Waals surface area contributed by atoms with Crippen molar-refractivity contribution < 1.29 is 18.7 Å². The van der Waals surface area contributed by atoms with Gasteiger partial charge in [0.05, 0.1) is 0 Å². The zero-order valence-electron chi connectivity index (χ0n) is 13.6. The van der Waals surface area contributed by atoms with E-state index in [9.17, 15) is 9.18 Å². The van der Waals surface area contributed by atoms with Crippen LogP contribution in [0.4, 0.5) is 9.52 Å². The second-order valence-electron chi connectivity index (χ2n) is 5.79. The molecule has 0 fully saturated rings. The van der Waals surface area contributed by atoms with Gasteiger partial charge in [-0.05, 0) is 29.8 Å². The molecule has 0 bridgehead atoms. The van der Waals surface area contributed by atoms with Crippen molar-refractivity contribution in [2.24, 2.45) is 0 Å². The van der Waals surface area contributed by atoms with Crippen molar-refractivity contribution in [3.05, 3.63) is 71.0 Å². The van der Waals surface area contributed by atoms with E-state index in [0.29, 0.717) is 23.1 Å². The SMILES string of the molecule is O=C(Nc1ncc(Cc2ccc(F)cc2)s1)C1COc2ccccc2O1. The monoisotopic (exact) mass is 370 g/mol. The van der Waals surface area contributed by atoms with Gasteiger partial charge in [0, 0.05) is 17.5 Å². The molecule has 7 heteroatoms. The van der Waals surface area contributed by atoms with E-state index >= 15 is 0 Å². The third-order valence-corrected chi connectivity index (χ3v) is 4.79. The van der Waals surface area contributed by atoms with Crippen LogP contribution in [0.15, 0.2) is 54.7 Å². The van der Waals surface area contributed by atoms with E-state index in [1.165, 1.54) is 23.5 Å². The first-order valence-corrected chi connectivity index (χ1v) is 8.87. The van der Waals surface area contributed by atoms with Crippen molar-refractivity contribution in [3.63, 3.8) is 0 Å². The van der Waals surface area contributed by atoms with Crippen LogP contribution < -0.4 is 14.8 Å². The largest absolute Gasteiger partial charge is 0.485 e. The molecule has 0 aliphatic carbocycles. The van der Waals surface area contributed by atoms with E-state index in [-0.39, 0.29) is 18.3 Å². The summed E-state index contributed by atoms with van der Waals surface area (Å²) in [6.45, 7) is 0.149. The van der Waals surface area contributed by atoms with Gasteiger partial charge < -0.3 is 9.47 Å². The summed E-state index contributed by atoms with van der Waals surface area (Å²) in [5, 5.41) is 3.26. The van der Waals surface area contributed by atoms with Crippen LogP contribution in [0.2, 0.25) is 0 Å². The van der Waals surface area contributed by atoms with Gasteiger partial charge >= 0.3 is 0 Å². The number of aromatic nitrogens is 1. The highest BCUT2D eigenvalue weighted by atomic mass is 32.1. The number of rotatable bonds is 4. The smallest absolute Gasteiger partial charge is 0.270 e. The van der Waals surface area contributed by atoms with Gasteiger partial charge in [0.2, 0.25) is 6.10 Å². The fraction of sp³-hybridized carbons (Fsp3) is 0.158. The molecular weight excluding hydrogens is 355 g/mol. The number of benzene rings is 2. The zero-order chi connectivity index (χ0) is 17.9. The Hall–Kier alpha value is -2.93. The summed E-state index contributed by atoms with van der Waals surface area (Å²) in [4.78, 5) is 17.6. The molecule has 4 rings (SSSR count). The number of fused-ring (bicyclic) bond motifs is 1. The molecule has 1 N–H and O–H groups in total. The molecule has 3 aromatic rings. The second kappa shape index (κ2) is 7.13. The van der Waals surface area contributed by atoms with Gasteiger partial charge in [-0.3, -0.25) is 10.1 Å². The fourth-order valence-electron chi connectivity index (χ4n) is 2.59. The summed E-state index contributed by atoms with van der Waals surface area (Å²) in [5.74, 6) is 0.617. The van der Waals surface area contributed by atoms with Crippen molar-refractivity contribution in [3.8, 4) is 11.5 Å². The average molecular weight is 370 g/mol. The quantitative estimate of drug-likeness (QED) is 0.762. The zero-order valence-corrected chi connectivity index (χ0v) is 14.5. The summed E-state index contributed by atoms with van der Waals surface area (Å²) >= 11 is 1.38. The van der Waals surface area contributed by atoms with Crippen molar-refractivity contribution in [2.75, 3.05) is 11.9 Å². The minimum Gasteiger partial charge on any atom is -0.485 e. The van der Waals surface area contributed by atoms with E-state index in [1.54, 1.807) is 30.5 Å². The highest BCUT2D eigenvalue weighted by molar-refractivity contribution is 7.15. The Morgan fingerprint density at radius 2 is 1.96 bits per heavy atom. The molecule has 1 aliphatic rings. The molecule has 0 radical (unpaired) electrons. The molecule has 5 nitrogen and oxygen atoms in total. The minimum absolute atomic E-state index is 0.149. The second-order valence-corrected chi connectivity index (χ2v) is 6.90. The minimum atomic E-state index is -0.727. The van der Waals surface area contributed by atoms with Crippen LogP contribution in [0.1, 0.15) is 10.4 Å². The van der Waals surface area contributed by atoms with E-state index in [0.717, 1.165) is 10.4 Å². The molecule has 0 spiro atoms. The molecule has 26 heavy (non-hydrogen) atoms. The molecular formula is C19H15FN2O3S. The van der Waals surface area contributed by atoms with Crippen LogP contribution in [0.5, 0.6) is 11.5 Å². The normalized spacial score (nSPS) is 15.5. The summed E-state index contributed by atoms with van der Waals surface area (Å²) in [7, 11) is 0. The van der Waals surface area contributed by atoms with Gasteiger partial charge in [-0.1, -0.05) is 24.3 Å². The van der Waals surface area contributed by atoms with Gasteiger partial charge in [-0.15, -0.1) is 11.3 Å². The van der Waals surface area contributed by atoms with Crippen LogP contribution in [-0.4, -0.2) is 23.6 Å². The van der Waals surface area contributed by atoms with Gasteiger partial charge in [-0.2, -0.15) is 0 Å². The lowest BCUT2D eigenvalue weighted by Crippen LogP contribution is -2.40. The molecule has 1 aliphatic heterocycles. The fourth-order valence-corrected chi connectivity index (χ4v) is 3.43. The van der Waals surface area contributed by atoms with Crippen molar-refractivity contribution in [1.29, 1.82) is 0 Å². The highest BCUT2D eigenvalue weighted by Gasteiger charge is 2.27. The molecule has 1 aromatic heterocycles. The number of halogens is 1. The summed E-state index contributed by atoms with van der Waals surface area (Å²) < 4.78 is 24.2. The first-order chi connectivity index (χ1) is 12.7. The molecule has 132 valence electrons. The Balaban J connectivity index is 1.38. The van der Waals surface area contributed by atoms with Gasteiger partial charge in [0.1, 0.15) is 12.4 Å². The summed E-state index contributed by atoms with van der Waals surface area (Å²) in [6.07, 6.45) is 1.61. The number of para-hydroxylation sites is 2. The van der Waals surface area contributed by atoms with Crippen LogP contribution >= 0.6 is 11.3 Å². The van der Waals surface area contributed by atoms with Crippen LogP contribution in [0.3, 0.4) is 0 Å². The predicted octanol–water partition coefficient (Wildman–Crippen LogP) is 3.65. The number of hydrogen-bond acceptors (Lipinski definition) is 5. The molecule has 1 atom stereocenters. The number of ether oxygens (including phenoxy) is 2. The van der Waals surface area contributed by atoms with Crippen molar-refractivity contribution in [1.82, 2.24) is 4.98 Å². The number of carbonyl (C=O) groups excluding carboxylic acids is 1. The Kier molecular flexibility index (Phi) is 4.53. The van der Waals surface area contributed by atoms with Gasteiger partial charge in [-0.25, -0.2) is 9.37 Å². The van der Waals surface area contributed by atoms with Gasteiger partial charge in [0.15, 0.2) is 16.6 Å². The number of thiazole rings is 1. The first kappa shape index (κ1) is 16.5. The topological polar surface area (TPSA) is 60.5 Å². The molecule has 0 saturated carbocycles. The van der Waals surface area contributed by atoms with Crippen LogP contribution in [0.25, 0.3) is 0 Å². The summed E-state index contributed by atoms with van der Waals surface area (Å²) in [5.41, 5.74) is 0.980. The van der Waals surface area contributed by atoms with Crippen molar-refractivity contribution in [2.45, 2.75) is 12.5 Å². The maximum Gasteiger partial charge on any atom is 0.270 e. The van der Waals surface area contributed by atoms with E-state index in [2.05, 4.69) is 10.3 Å². The lowest BCUT2D eigenvalue weighted by Gasteiger charge is -2.25. The van der Waals surface area contributed by atoms with E-state index in [1.807, 2.05) is 12.1 Å². The number of nitrogens with one attached hydrogen (secondary N) is 1. The lowest BCUT2D eigenvalue weighted by molar-refractivity contribution is -0.125. The summed E-state index contributed by atoms with van der Waals surface area (Å²) in [6, 6.07) is 13.6. The number of hydrogen-bond donors (Lipinski definition) is 1. The Morgan fingerprint density at radius 1 is 1.19 bits per heavy atom. The molecule has 0 saturated heterocycles. The number of anilines is 1. The maximum atomic E-state index is 13.0. The van der Waals surface area contributed by atoms with Crippen LogP contribution in [0, 0.1) is 5.82 Å². The third kappa shape index (κ3) is 3.67. The average Bonchev–Trinajstić information content (AvgIpc) is 3.10. The van der Waals surface area contributed by atoms with E-state index < -0.39 is 6.10 Å². The highest BCUT2D eigenvalue weighted by Crippen LogP contribution is 2.31. The molecule has 2 heterocycles. The Labute approximate surface area is 153 Å². The lowest BCUT2D eigenvalue weighted by atomic mass is 10.1. The molecule has 1 unspecified atom stereocenters. The maximum absolute atomic E-state index is 13.0. The van der Waals surface area contributed by atoms with Crippen LogP contribution in [-0.2, 0) is 11.2 Å². The van der Waals surface area contributed by atoms with Crippen molar-refractivity contribution >= 4 is 22.4 Å².